The van der Waals surface area contributed by atoms with E-state index in [0.717, 1.165) is 19.4 Å². The van der Waals surface area contributed by atoms with Gasteiger partial charge in [0.2, 0.25) is 0 Å². The third-order valence-electron chi connectivity index (χ3n) is 2.23. The van der Waals surface area contributed by atoms with Gasteiger partial charge in [0, 0.05) is 6.61 Å². The summed E-state index contributed by atoms with van der Waals surface area (Å²) in [7, 11) is 0. The molecular weight excluding hydrogens is 140 g/mol. The summed E-state index contributed by atoms with van der Waals surface area (Å²) in [6.45, 7) is 1.03. The highest BCUT2D eigenvalue weighted by molar-refractivity contribution is 4.59. The predicted octanol–water partition coefficient (Wildman–Crippen LogP) is 1.72. The lowest BCUT2D eigenvalue weighted by molar-refractivity contribution is 0.00798. The van der Waals surface area contributed by atoms with Crippen LogP contribution in [-0.4, -0.2) is 24.4 Å². The Morgan fingerprint density at radius 1 is 1.09 bits per heavy atom. The number of rotatable bonds is 1. The SMILES string of the molecule is OCC1CCCCCCCO1. The standard InChI is InChI=1S/C9H18O2/c10-8-9-6-4-2-1-3-5-7-11-9/h9-10H,1-8H2. The normalized spacial score (nSPS) is 28.6. The Balaban J connectivity index is 2.19. The van der Waals surface area contributed by atoms with Crippen LogP contribution in [0.2, 0.25) is 0 Å². The zero-order chi connectivity index (χ0) is 7.94. The lowest BCUT2D eigenvalue weighted by Crippen LogP contribution is -2.17. The highest BCUT2D eigenvalue weighted by atomic mass is 16.5. The summed E-state index contributed by atoms with van der Waals surface area (Å²) < 4.78 is 5.46. The average molecular weight is 158 g/mol. The van der Waals surface area contributed by atoms with Gasteiger partial charge in [-0.05, 0) is 12.8 Å². The first kappa shape index (κ1) is 9.01. The molecular formula is C9H18O2. The number of aliphatic hydroxyl groups excluding tert-OH is 1. The summed E-state index contributed by atoms with van der Waals surface area (Å²) in [5, 5.41) is 8.87. The van der Waals surface area contributed by atoms with Crippen LogP contribution in [0.3, 0.4) is 0 Å². The maximum absolute atomic E-state index is 8.87. The molecule has 2 nitrogen and oxygen atoms in total. The van der Waals surface area contributed by atoms with Gasteiger partial charge in [-0.15, -0.1) is 0 Å². The average Bonchev–Trinajstić information content (AvgIpc) is 2.16. The molecule has 11 heavy (non-hydrogen) atoms. The highest BCUT2D eigenvalue weighted by Crippen LogP contribution is 2.12. The minimum atomic E-state index is 0.119. The van der Waals surface area contributed by atoms with Crippen LogP contribution in [0.4, 0.5) is 0 Å². The van der Waals surface area contributed by atoms with E-state index in [1.54, 1.807) is 0 Å². The van der Waals surface area contributed by atoms with Crippen molar-refractivity contribution in [1.82, 2.24) is 0 Å². The molecule has 0 amide bonds. The Bertz CT molecular complexity index is 83.6. The van der Waals surface area contributed by atoms with Crippen molar-refractivity contribution >= 4 is 0 Å². The van der Waals surface area contributed by atoms with Gasteiger partial charge in [0.15, 0.2) is 0 Å². The fourth-order valence-electron chi connectivity index (χ4n) is 1.48. The first-order valence-corrected chi connectivity index (χ1v) is 4.66. The number of hydrogen-bond acceptors (Lipinski definition) is 2. The molecule has 1 fully saturated rings. The van der Waals surface area contributed by atoms with E-state index < -0.39 is 0 Å². The highest BCUT2D eigenvalue weighted by Gasteiger charge is 2.08. The third-order valence-corrected chi connectivity index (χ3v) is 2.23. The molecule has 1 N–H and O–H groups in total. The van der Waals surface area contributed by atoms with Crippen molar-refractivity contribution in [2.45, 2.75) is 44.6 Å². The lowest BCUT2D eigenvalue weighted by Gasteiger charge is -2.12. The molecule has 1 aliphatic heterocycles. The minimum absolute atomic E-state index is 0.119. The van der Waals surface area contributed by atoms with Crippen LogP contribution < -0.4 is 0 Å². The topological polar surface area (TPSA) is 29.5 Å². The van der Waals surface area contributed by atoms with Crippen LogP contribution in [0.5, 0.6) is 0 Å². The summed E-state index contributed by atoms with van der Waals surface area (Å²) in [6, 6.07) is 0. The molecule has 1 saturated heterocycles. The van der Waals surface area contributed by atoms with E-state index in [2.05, 4.69) is 0 Å². The maximum Gasteiger partial charge on any atom is 0.0805 e. The van der Waals surface area contributed by atoms with Crippen molar-refractivity contribution in [3.8, 4) is 0 Å². The lowest BCUT2D eigenvalue weighted by atomic mass is 10.1. The van der Waals surface area contributed by atoms with E-state index >= 15 is 0 Å². The zero-order valence-corrected chi connectivity index (χ0v) is 7.09. The van der Waals surface area contributed by atoms with E-state index in [1.807, 2.05) is 0 Å². The van der Waals surface area contributed by atoms with Gasteiger partial charge in [0.25, 0.3) is 0 Å². The van der Waals surface area contributed by atoms with Crippen molar-refractivity contribution in [2.75, 3.05) is 13.2 Å². The molecule has 0 saturated carbocycles. The fourth-order valence-corrected chi connectivity index (χ4v) is 1.48. The molecule has 1 unspecified atom stereocenters. The molecule has 0 aromatic rings. The zero-order valence-electron chi connectivity index (χ0n) is 7.09. The molecule has 0 spiro atoms. The largest absolute Gasteiger partial charge is 0.394 e. The number of hydrogen-bond donors (Lipinski definition) is 1. The summed E-state index contributed by atoms with van der Waals surface area (Å²) in [5.74, 6) is 0. The van der Waals surface area contributed by atoms with Gasteiger partial charge in [-0.3, -0.25) is 0 Å². The van der Waals surface area contributed by atoms with Crippen molar-refractivity contribution in [3.05, 3.63) is 0 Å². The Morgan fingerprint density at radius 2 is 1.82 bits per heavy atom. The smallest absolute Gasteiger partial charge is 0.0805 e. The maximum atomic E-state index is 8.87. The Labute approximate surface area is 68.6 Å². The molecule has 1 aliphatic rings. The Morgan fingerprint density at radius 3 is 2.64 bits per heavy atom. The molecule has 0 aromatic heterocycles. The molecule has 0 radical (unpaired) electrons. The second-order valence-electron chi connectivity index (χ2n) is 3.23. The van der Waals surface area contributed by atoms with Crippen LogP contribution in [0.25, 0.3) is 0 Å². The van der Waals surface area contributed by atoms with Gasteiger partial charge in [-0.1, -0.05) is 25.7 Å². The van der Waals surface area contributed by atoms with Crippen molar-refractivity contribution in [3.63, 3.8) is 0 Å². The van der Waals surface area contributed by atoms with E-state index in [0.29, 0.717) is 0 Å². The van der Waals surface area contributed by atoms with Crippen LogP contribution in [-0.2, 0) is 4.74 Å². The van der Waals surface area contributed by atoms with E-state index in [4.69, 9.17) is 9.84 Å². The van der Waals surface area contributed by atoms with Gasteiger partial charge in [0.05, 0.1) is 12.7 Å². The van der Waals surface area contributed by atoms with Crippen LogP contribution >= 0.6 is 0 Å². The first-order chi connectivity index (χ1) is 5.43. The number of aliphatic hydroxyl groups is 1. The van der Waals surface area contributed by atoms with Crippen molar-refractivity contribution < 1.29 is 9.84 Å². The summed E-state index contributed by atoms with van der Waals surface area (Å²) >= 11 is 0. The van der Waals surface area contributed by atoms with Gasteiger partial charge in [-0.2, -0.15) is 0 Å². The molecule has 0 aliphatic carbocycles. The molecule has 1 atom stereocenters. The quantitative estimate of drug-likeness (QED) is 0.629. The summed E-state index contributed by atoms with van der Waals surface area (Å²) in [4.78, 5) is 0. The molecule has 0 bridgehead atoms. The summed E-state index contributed by atoms with van der Waals surface area (Å²) in [6.07, 6.45) is 7.46. The van der Waals surface area contributed by atoms with E-state index in [-0.39, 0.29) is 12.7 Å². The molecule has 66 valence electrons. The second kappa shape index (κ2) is 5.56. The van der Waals surface area contributed by atoms with Gasteiger partial charge >= 0.3 is 0 Å². The Kier molecular flexibility index (Phi) is 4.55. The van der Waals surface area contributed by atoms with Crippen molar-refractivity contribution in [1.29, 1.82) is 0 Å². The van der Waals surface area contributed by atoms with Gasteiger partial charge in [0.1, 0.15) is 0 Å². The first-order valence-electron chi connectivity index (χ1n) is 4.66. The van der Waals surface area contributed by atoms with Crippen molar-refractivity contribution in [2.24, 2.45) is 0 Å². The third kappa shape index (κ3) is 3.73. The van der Waals surface area contributed by atoms with Crippen LogP contribution in [0.15, 0.2) is 0 Å². The fraction of sp³-hybridized carbons (Fsp3) is 1.00. The number of ether oxygens (including phenoxy) is 1. The predicted molar refractivity (Wildman–Crippen MR) is 44.5 cm³/mol. The van der Waals surface area contributed by atoms with Crippen LogP contribution in [0, 0.1) is 0 Å². The summed E-state index contributed by atoms with van der Waals surface area (Å²) in [5.41, 5.74) is 0. The molecule has 0 aromatic carbocycles. The van der Waals surface area contributed by atoms with Crippen LogP contribution in [0.1, 0.15) is 38.5 Å². The van der Waals surface area contributed by atoms with E-state index in [9.17, 15) is 0 Å². The van der Waals surface area contributed by atoms with Gasteiger partial charge < -0.3 is 9.84 Å². The second-order valence-corrected chi connectivity index (χ2v) is 3.23. The van der Waals surface area contributed by atoms with E-state index in [1.165, 1.54) is 25.7 Å². The Hall–Kier alpha value is -0.0800. The monoisotopic (exact) mass is 158 g/mol. The van der Waals surface area contributed by atoms with Gasteiger partial charge in [-0.25, -0.2) is 0 Å². The molecule has 1 heterocycles. The molecule has 2 heteroatoms. The minimum Gasteiger partial charge on any atom is -0.394 e. The molecule has 1 rings (SSSR count).